The van der Waals surface area contributed by atoms with E-state index in [2.05, 4.69) is 19.7 Å². The van der Waals surface area contributed by atoms with Crippen LogP contribution in [0.3, 0.4) is 0 Å². The number of hydrogen-bond donors (Lipinski definition) is 0. The standard InChI is InChI=1S/3C9H8O3.Sb/c3*1-2-12-9(11)7-3-5-8(10)6-4-7;/h3*2-6,10H,1H2;/q;;;+3/p-3. The van der Waals surface area contributed by atoms with Gasteiger partial charge in [-0.1, -0.05) is 0 Å². The van der Waals surface area contributed by atoms with E-state index in [-0.39, 0.29) is 0 Å². The van der Waals surface area contributed by atoms with Gasteiger partial charge in [0.05, 0.1) is 0 Å². The van der Waals surface area contributed by atoms with Gasteiger partial charge in [0.15, 0.2) is 0 Å². The van der Waals surface area contributed by atoms with E-state index in [1.54, 1.807) is 36.4 Å². The zero-order valence-corrected chi connectivity index (χ0v) is 22.0. The van der Waals surface area contributed by atoms with Crippen molar-refractivity contribution in [3.63, 3.8) is 0 Å². The van der Waals surface area contributed by atoms with Gasteiger partial charge in [-0.15, -0.1) is 0 Å². The Kier molecular flexibility index (Phi) is 9.93. The monoisotopic (exact) mass is 610 g/mol. The van der Waals surface area contributed by atoms with E-state index in [0.29, 0.717) is 33.9 Å². The summed E-state index contributed by atoms with van der Waals surface area (Å²) in [6.07, 6.45) is 3.14. The van der Waals surface area contributed by atoms with Crippen LogP contribution in [-0.2, 0) is 14.2 Å². The molecule has 10 heteroatoms. The molecule has 0 N–H and O–H groups in total. The van der Waals surface area contributed by atoms with E-state index >= 15 is 0 Å². The molecule has 0 atom stereocenters. The van der Waals surface area contributed by atoms with Gasteiger partial charge in [-0.3, -0.25) is 0 Å². The fraction of sp³-hybridized carbons (Fsp3) is 0. The predicted octanol–water partition coefficient (Wildman–Crippen LogP) is 5.11. The van der Waals surface area contributed by atoms with Crippen molar-refractivity contribution >= 4 is 39.4 Å². The maximum absolute atomic E-state index is 11.8. The van der Waals surface area contributed by atoms with Crippen molar-refractivity contribution in [2.24, 2.45) is 0 Å². The van der Waals surface area contributed by atoms with Gasteiger partial charge in [-0.2, -0.15) is 0 Å². The van der Waals surface area contributed by atoms with E-state index in [4.69, 9.17) is 23.3 Å². The molecule has 3 rings (SSSR count). The van der Waals surface area contributed by atoms with Crippen molar-refractivity contribution in [2.45, 2.75) is 0 Å². The summed E-state index contributed by atoms with van der Waals surface area (Å²) in [5.74, 6) is -0.479. The molecule has 0 radical (unpaired) electrons. The Morgan fingerprint density at radius 3 is 0.946 bits per heavy atom. The number of esters is 3. The minimum absolute atomic E-state index is 0.307. The van der Waals surface area contributed by atoms with Crippen molar-refractivity contribution in [2.75, 3.05) is 0 Å². The number of benzene rings is 3. The minimum atomic E-state index is -3.51. The second-order valence-electron chi connectivity index (χ2n) is 6.79. The van der Waals surface area contributed by atoms with Crippen LogP contribution in [0.1, 0.15) is 31.1 Å². The Morgan fingerprint density at radius 2 is 0.730 bits per heavy atom. The van der Waals surface area contributed by atoms with Gasteiger partial charge < -0.3 is 0 Å². The van der Waals surface area contributed by atoms with E-state index < -0.39 is 39.4 Å². The van der Waals surface area contributed by atoms with E-state index in [1.807, 2.05) is 0 Å². The van der Waals surface area contributed by atoms with Gasteiger partial charge in [0.2, 0.25) is 0 Å². The Hall–Kier alpha value is -4.49. The fourth-order valence-corrected chi connectivity index (χ4v) is 5.54. The molecule has 0 spiro atoms. The third-order valence-corrected chi connectivity index (χ3v) is 7.46. The van der Waals surface area contributed by atoms with Crippen molar-refractivity contribution in [3.05, 3.63) is 128 Å². The summed E-state index contributed by atoms with van der Waals surface area (Å²) in [6.45, 7) is 10.1. The number of ether oxygens (including phenoxy) is 3. The van der Waals surface area contributed by atoms with Crippen LogP contribution in [-0.4, -0.2) is 39.4 Å². The number of carbonyl (C=O) groups is 3. The summed E-state index contributed by atoms with van der Waals surface area (Å²) < 4.78 is 32.3. The van der Waals surface area contributed by atoms with E-state index in [9.17, 15) is 14.4 Å². The van der Waals surface area contributed by atoms with Gasteiger partial charge in [0.25, 0.3) is 0 Å². The first-order valence-corrected chi connectivity index (χ1v) is 13.7. The molecule has 0 aliphatic carbocycles. The molecular weight excluding hydrogens is 590 g/mol. The van der Waals surface area contributed by atoms with Crippen molar-refractivity contribution < 1.29 is 37.6 Å². The molecule has 188 valence electrons. The maximum atomic E-state index is 11.8. The summed E-state index contributed by atoms with van der Waals surface area (Å²) in [5.41, 5.74) is 0.921. The SMILES string of the molecule is C=COC(=O)c1ccc([O][Sb]([O]c2ccc(C(=O)OC=C)cc2)[O]c2ccc(C(=O)OC=C)cc2)cc1. The molecule has 0 saturated heterocycles. The summed E-state index contributed by atoms with van der Waals surface area (Å²) in [7, 11) is 0. The van der Waals surface area contributed by atoms with Crippen LogP contribution in [0.25, 0.3) is 0 Å². The van der Waals surface area contributed by atoms with Crippen LogP contribution in [0, 0.1) is 0 Å². The third kappa shape index (κ3) is 8.01. The topological polar surface area (TPSA) is 107 Å². The molecule has 0 bridgehead atoms. The Labute approximate surface area is 221 Å². The van der Waals surface area contributed by atoms with Gasteiger partial charge in [0.1, 0.15) is 0 Å². The molecule has 3 aromatic carbocycles. The zero-order chi connectivity index (χ0) is 26.6. The predicted molar refractivity (Wildman–Crippen MR) is 134 cm³/mol. The summed E-state index contributed by atoms with van der Waals surface area (Å²) >= 11 is -3.51. The van der Waals surface area contributed by atoms with Crippen molar-refractivity contribution in [1.82, 2.24) is 0 Å². The molecule has 0 amide bonds. The molecule has 0 aromatic heterocycles. The van der Waals surface area contributed by atoms with Crippen LogP contribution in [0.2, 0.25) is 0 Å². The summed E-state index contributed by atoms with van der Waals surface area (Å²) in [4.78, 5) is 35.5. The Balaban J connectivity index is 1.79. The molecule has 9 nitrogen and oxygen atoms in total. The van der Waals surface area contributed by atoms with Crippen LogP contribution in [0.5, 0.6) is 17.2 Å². The second-order valence-corrected chi connectivity index (χ2v) is 9.63. The number of rotatable bonds is 12. The van der Waals surface area contributed by atoms with Gasteiger partial charge in [-0.05, 0) is 0 Å². The quantitative estimate of drug-likeness (QED) is 0.120. The first-order valence-electron chi connectivity index (χ1n) is 10.5. The van der Waals surface area contributed by atoms with Crippen LogP contribution < -0.4 is 9.05 Å². The zero-order valence-electron chi connectivity index (χ0n) is 19.4. The van der Waals surface area contributed by atoms with Gasteiger partial charge >= 0.3 is 222 Å². The second kappa shape index (κ2) is 13.6. The molecular formula is C27H21O9Sb. The van der Waals surface area contributed by atoms with Gasteiger partial charge in [-0.25, -0.2) is 0 Å². The van der Waals surface area contributed by atoms with Crippen LogP contribution in [0.4, 0.5) is 0 Å². The normalized spacial score (nSPS) is 9.97. The molecule has 37 heavy (non-hydrogen) atoms. The molecule has 0 unspecified atom stereocenters. The molecule has 0 saturated carbocycles. The van der Waals surface area contributed by atoms with E-state index in [0.717, 1.165) is 18.8 Å². The summed E-state index contributed by atoms with van der Waals surface area (Å²) in [6, 6.07) is 18.6. The molecule has 0 aliphatic rings. The fourth-order valence-electron chi connectivity index (χ4n) is 2.70. The number of carbonyl (C=O) groups excluding carboxylic acids is 3. The average Bonchev–Trinajstić information content (AvgIpc) is 2.90. The molecule has 0 heterocycles. The molecule has 0 fully saturated rings. The van der Waals surface area contributed by atoms with Crippen molar-refractivity contribution in [1.29, 1.82) is 0 Å². The van der Waals surface area contributed by atoms with Gasteiger partial charge in [0, 0.05) is 0 Å². The van der Waals surface area contributed by atoms with Crippen LogP contribution in [0.15, 0.2) is 111 Å². The van der Waals surface area contributed by atoms with Crippen molar-refractivity contribution in [3.8, 4) is 17.2 Å². The Bertz CT molecular complexity index is 1110. The number of hydrogen-bond acceptors (Lipinski definition) is 9. The average molecular weight is 611 g/mol. The summed E-state index contributed by atoms with van der Waals surface area (Å²) in [5, 5.41) is 0. The van der Waals surface area contributed by atoms with Crippen LogP contribution >= 0.6 is 0 Å². The molecule has 0 aliphatic heterocycles. The molecule has 3 aromatic rings. The first-order chi connectivity index (χ1) is 17.9. The Morgan fingerprint density at radius 1 is 0.486 bits per heavy atom. The third-order valence-electron chi connectivity index (χ3n) is 4.38. The first kappa shape index (κ1) is 27.1. The van der Waals surface area contributed by atoms with E-state index in [1.165, 1.54) is 36.4 Å².